The Morgan fingerprint density at radius 1 is 1.40 bits per heavy atom. The monoisotopic (exact) mass is 290 g/mol. The van der Waals surface area contributed by atoms with E-state index in [1.165, 1.54) is 11.8 Å². The highest BCUT2D eigenvalue weighted by atomic mass is 32.2. The molecule has 106 valence electrons. The van der Waals surface area contributed by atoms with Crippen molar-refractivity contribution in [2.75, 3.05) is 11.1 Å². The molecule has 0 saturated carbocycles. The summed E-state index contributed by atoms with van der Waals surface area (Å²) in [5.74, 6) is 1.36. The van der Waals surface area contributed by atoms with Crippen LogP contribution in [-0.4, -0.2) is 26.8 Å². The first-order chi connectivity index (χ1) is 9.56. The molecule has 0 radical (unpaired) electrons. The molecule has 0 aliphatic heterocycles. The minimum atomic E-state index is -0.0504. The quantitative estimate of drug-likeness (QED) is 0.831. The van der Waals surface area contributed by atoms with E-state index in [9.17, 15) is 4.79 Å². The molecule has 1 aromatic heterocycles. The Bertz CT molecular complexity index is 594. The molecule has 0 saturated heterocycles. The number of thioether (sulfide) groups is 1. The van der Waals surface area contributed by atoms with Gasteiger partial charge in [0.05, 0.1) is 5.75 Å². The first-order valence-corrected chi connectivity index (χ1v) is 7.45. The first kappa shape index (κ1) is 14.6. The van der Waals surface area contributed by atoms with Crippen LogP contribution in [0.3, 0.4) is 0 Å². The van der Waals surface area contributed by atoms with Crippen molar-refractivity contribution in [3.8, 4) is 0 Å². The average Bonchev–Trinajstić information content (AvgIpc) is 2.83. The summed E-state index contributed by atoms with van der Waals surface area (Å²) in [6.07, 6.45) is 0. The zero-order chi connectivity index (χ0) is 14.5. The summed E-state index contributed by atoms with van der Waals surface area (Å²) in [5.41, 5.74) is 2.01. The van der Waals surface area contributed by atoms with Crippen molar-refractivity contribution >= 4 is 23.4 Å². The van der Waals surface area contributed by atoms with Crippen molar-refractivity contribution in [1.82, 2.24) is 15.2 Å². The molecule has 20 heavy (non-hydrogen) atoms. The van der Waals surface area contributed by atoms with Gasteiger partial charge < -0.3 is 5.32 Å². The van der Waals surface area contributed by atoms with E-state index in [1.54, 1.807) is 0 Å². The number of para-hydroxylation sites is 1. The van der Waals surface area contributed by atoms with Gasteiger partial charge in [-0.25, -0.2) is 4.98 Å². The van der Waals surface area contributed by atoms with Crippen molar-refractivity contribution < 1.29 is 4.79 Å². The molecule has 2 aromatic rings. The Morgan fingerprint density at radius 3 is 2.80 bits per heavy atom. The molecule has 1 amide bonds. The van der Waals surface area contributed by atoms with E-state index in [2.05, 4.69) is 34.3 Å². The molecular formula is C14H18N4OS. The Labute approximate surface area is 122 Å². The second-order valence-corrected chi connectivity index (χ2v) is 5.72. The molecule has 0 spiro atoms. The molecule has 0 aliphatic rings. The van der Waals surface area contributed by atoms with Crippen molar-refractivity contribution in [2.45, 2.75) is 31.8 Å². The van der Waals surface area contributed by atoms with Gasteiger partial charge in [0.25, 0.3) is 0 Å². The number of nitrogens with zero attached hydrogens (tertiary/aromatic N) is 2. The summed E-state index contributed by atoms with van der Waals surface area (Å²) in [4.78, 5) is 16.1. The van der Waals surface area contributed by atoms with Crippen LogP contribution >= 0.6 is 11.8 Å². The predicted molar refractivity (Wildman–Crippen MR) is 81.0 cm³/mol. The van der Waals surface area contributed by atoms with E-state index in [4.69, 9.17) is 0 Å². The maximum absolute atomic E-state index is 12.0. The number of carbonyl (C=O) groups excluding carboxylic acids is 1. The van der Waals surface area contributed by atoms with Crippen molar-refractivity contribution in [3.05, 3.63) is 35.7 Å². The molecular weight excluding hydrogens is 272 g/mol. The number of amides is 1. The van der Waals surface area contributed by atoms with Crippen molar-refractivity contribution in [3.63, 3.8) is 0 Å². The van der Waals surface area contributed by atoms with Crippen molar-refractivity contribution in [1.29, 1.82) is 0 Å². The number of aromatic amines is 1. The van der Waals surface area contributed by atoms with E-state index in [0.717, 1.165) is 17.1 Å². The van der Waals surface area contributed by atoms with Crippen LogP contribution in [0.1, 0.15) is 31.2 Å². The lowest BCUT2D eigenvalue weighted by atomic mass is 10.0. The average molecular weight is 290 g/mol. The number of benzene rings is 1. The van der Waals surface area contributed by atoms with Crippen LogP contribution in [0.4, 0.5) is 5.69 Å². The fraction of sp³-hybridized carbons (Fsp3) is 0.357. The van der Waals surface area contributed by atoms with Crippen LogP contribution in [0.5, 0.6) is 0 Å². The summed E-state index contributed by atoms with van der Waals surface area (Å²) >= 11 is 1.32. The zero-order valence-electron chi connectivity index (χ0n) is 11.8. The van der Waals surface area contributed by atoms with Gasteiger partial charge in [-0.2, -0.15) is 0 Å². The summed E-state index contributed by atoms with van der Waals surface area (Å²) in [6.45, 7) is 6.04. The third kappa shape index (κ3) is 3.84. The highest BCUT2D eigenvalue weighted by Crippen LogP contribution is 2.24. The molecule has 0 fully saturated rings. The van der Waals surface area contributed by atoms with Gasteiger partial charge in [0.1, 0.15) is 5.82 Å². The number of hydrogen-bond donors (Lipinski definition) is 2. The van der Waals surface area contributed by atoms with E-state index in [-0.39, 0.29) is 5.91 Å². The lowest BCUT2D eigenvalue weighted by Crippen LogP contribution is -2.15. The van der Waals surface area contributed by atoms with Crippen LogP contribution in [0, 0.1) is 6.92 Å². The van der Waals surface area contributed by atoms with Gasteiger partial charge >= 0.3 is 0 Å². The SMILES string of the molecule is Cc1nc(SCC(=O)Nc2ccccc2C(C)C)n[nH]1. The van der Waals surface area contributed by atoms with E-state index >= 15 is 0 Å². The van der Waals surface area contributed by atoms with Crippen LogP contribution in [0.15, 0.2) is 29.4 Å². The Morgan fingerprint density at radius 2 is 2.15 bits per heavy atom. The number of hydrogen-bond acceptors (Lipinski definition) is 4. The molecule has 5 nitrogen and oxygen atoms in total. The maximum Gasteiger partial charge on any atom is 0.234 e. The number of H-pyrrole nitrogens is 1. The number of carbonyl (C=O) groups is 1. The maximum atomic E-state index is 12.0. The van der Waals surface area contributed by atoms with Crippen LogP contribution in [0.25, 0.3) is 0 Å². The number of rotatable bonds is 5. The smallest absolute Gasteiger partial charge is 0.234 e. The minimum Gasteiger partial charge on any atom is -0.325 e. The van der Waals surface area contributed by atoms with E-state index in [1.807, 2.05) is 31.2 Å². The van der Waals surface area contributed by atoms with Gasteiger partial charge in [0.2, 0.25) is 11.1 Å². The Balaban J connectivity index is 1.94. The fourth-order valence-corrected chi connectivity index (χ4v) is 2.46. The third-order valence-corrected chi connectivity index (χ3v) is 3.61. The summed E-state index contributed by atoms with van der Waals surface area (Å²) in [6, 6.07) is 7.87. The van der Waals surface area contributed by atoms with Crippen LogP contribution in [-0.2, 0) is 4.79 Å². The standard InChI is InChI=1S/C14H18N4OS/c1-9(2)11-6-4-5-7-12(11)16-13(19)8-20-14-15-10(3)17-18-14/h4-7,9H,8H2,1-3H3,(H,16,19)(H,15,17,18). The second kappa shape index (κ2) is 6.56. The van der Waals surface area contributed by atoms with Gasteiger partial charge in [-0.05, 0) is 24.5 Å². The lowest BCUT2D eigenvalue weighted by molar-refractivity contribution is -0.113. The summed E-state index contributed by atoms with van der Waals surface area (Å²) < 4.78 is 0. The van der Waals surface area contributed by atoms with Gasteiger partial charge in [0.15, 0.2) is 0 Å². The van der Waals surface area contributed by atoms with Crippen LogP contribution in [0.2, 0.25) is 0 Å². The highest BCUT2D eigenvalue weighted by Gasteiger charge is 2.10. The van der Waals surface area contributed by atoms with Crippen molar-refractivity contribution in [2.24, 2.45) is 0 Å². The second-order valence-electron chi connectivity index (χ2n) is 4.78. The topological polar surface area (TPSA) is 70.7 Å². The highest BCUT2D eigenvalue weighted by molar-refractivity contribution is 7.99. The predicted octanol–water partition coefficient (Wildman–Crippen LogP) is 2.97. The zero-order valence-corrected chi connectivity index (χ0v) is 12.6. The molecule has 0 atom stereocenters. The summed E-state index contributed by atoms with van der Waals surface area (Å²) in [7, 11) is 0. The molecule has 6 heteroatoms. The lowest BCUT2D eigenvalue weighted by Gasteiger charge is -2.13. The minimum absolute atomic E-state index is 0.0504. The van der Waals surface area contributed by atoms with Gasteiger partial charge in [0, 0.05) is 5.69 Å². The molecule has 0 bridgehead atoms. The number of anilines is 1. The van der Waals surface area contributed by atoms with E-state index in [0.29, 0.717) is 16.8 Å². The number of nitrogens with one attached hydrogen (secondary N) is 2. The first-order valence-electron chi connectivity index (χ1n) is 6.47. The molecule has 1 heterocycles. The molecule has 0 aliphatic carbocycles. The Kier molecular flexibility index (Phi) is 4.79. The number of aromatic nitrogens is 3. The molecule has 2 rings (SSSR count). The Hall–Kier alpha value is -1.82. The normalized spacial score (nSPS) is 10.8. The molecule has 2 N–H and O–H groups in total. The summed E-state index contributed by atoms with van der Waals surface area (Å²) in [5, 5.41) is 10.3. The van der Waals surface area contributed by atoms with E-state index < -0.39 is 0 Å². The largest absolute Gasteiger partial charge is 0.325 e. The fourth-order valence-electron chi connectivity index (χ4n) is 1.82. The third-order valence-electron chi connectivity index (χ3n) is 2.77. The van der Waals surface area contributed by atoms with Gasteiger partial charge in [-0.1, -0.05) is 43.8 Å². The number of aryl methyl sites for hydroxylation is 1. The molecule has 0 unspecified atom stereocenters. The van der Waals surface area contributed by atoms with Gasteiger partial charge in [-0.15, -0.1) is 5.10 Å². The van der Waals surface area contributed by atoms with Gasteiger partial charge in [-0.3, -0.25) is 9.89 Å². The van der Waals surface area contributed by atoms with Crippen LogP contribution < -0.4 is 5.32 Å². The molecule has 1 aromatic carbocycles.